The predicted molar refractivity (Wildman–Crippen MR) is 61.4 cm³/mol. The smallest absolute Gasteiger partial charge is 0.231 e. The van der Waals surface area contributed by atoms with Crippen molar-refractivity contribution in [3.05, 3.63) is 28.8 Å². The number of halogens is 1. The lowest BCUT2D eigenvalue weighted by Crippen LogP contribution is -2.30. The average molecular weight is 228 g/mol. The summed E-state index contributed by atoms with van der Waals surface area (Å²) in [5, 5.41) is 0.603. The molecule has 1 aromatic carbocycles. The van der Waals surface area contributed by atoms with E-state index in [2.05, 4.69) is 0 Å². The van der Waals surface area contributed by atoms with Crippen LogP contribution < -0.4 is 11.5 Å². The Bertz CT molecular complexity index is 368. The van der Waals surface area contributed by atoms with Gasteiger partial charge in [0.2, 0.25) is 5.91 Å². The minimum absolute atomic E-state index is 0.209. The van der Waals surface area contributed by atoms with Crippen molar-refractivity contribution < 1.29 is 4.79 Å². The van der Waals surface area contributed by atoms with Crippen LogP contribution in [0.4, 0.5) is 5.69 Å². The van der Waals surface area contributed by atoms with Crippen molar-refractivity contribution in [3.8, 4) is 0 Å². The molecule has 1 amide bonds. The highest BCUT2D eigenvalue weighted by molar-refractivity contribution is 6.31. The lowest BCUT2D eigenvalue weighted by atomic mass is 10.2. The fourth-order valence-corrected chi connectivity index (χ4v) is 1.55. The molecule has 0 aliphatic heterocycles. The molecule has 82 valence electrons. The molecule has 0 saturated carbocycles. The van der Waals surface area contributed by atoms with Gasteiger partial charge in [-0.1, -0.05) is 17.7 Å². The second kappa shape index (κ2) is 5.00. The number of amides is 1. The number of benzene rings is 1. The van der Waals surface area contributed by atoms with E-state index in [4.69, 9.17) is 23.1 Å². The van der Waals surface area contributed by atoms with Crippen LogP contribution in [0.2, 0.25) is 5.02 Å². The Morgan fingerprint density at radius 1 is 1.53 bits per heavy atom. The van der Waals surface area contributed by atoms with E-state index in [9.17, 15) is 4.79 Å². The molecule has 0 aromatic heterocycles. The molecule has 0 aliphatic carbocycles. The molecule has 0 saturated heterocycles. The monoisotopic (exact) mass is 227 g/mol. The Hall–Kier alpha value is -1.26. The number of nitrogen functional groups attached to an aromatic ring is 1. The molecule has 1 rings (SSSR count). The van der Waals surface area contributed by atoms with E-state index in [0.29, 0.717) is 17.3 Å². The standard InChI is InChI=1S/C10H14ClN3O/c1-14(6-10(13)15)5-7-2-3-8(12)4-9(7)11/h2-4H,5-6,12H2,1H3,(H2,13,15). The third-order valence-corrected chi connectivity index (χ3v) is 2.29. The summed E-state index contributed by atoms with van der Waals surface area (Å²) in [6.07, 6.45) is 0. The normalized spacial score (nSPS) is 10.6. The van der Waals surface area contributed by atoms with Crippen molar-refractivity contribution in [2.75, 3.05) is 19.3 Å². The second-order valence-corrected chi connectivity index (χ2v) is 3.90. The van der Waals surface area contributed by atoms with Crippen molar-refractivity contribution in [1.82, 2.24) is 4.90 Å². The van der Waals surface area contributed by atoms with Gasteiger partial charge in [0, 0.05) is 17.3 Å². The molecule has 4 nitrogen and oxygen atoms in total. The summed E-state index contributed by atoms with van der Waals surface area (Å²) < 4.78 is 0. The molecule has 4 N–H and O–H groups in total. The Morgan fingerprint density at radius 3 is 2.73 bits per heavy atom. The maximum absolute atomic E-state index is 10.7. The molecule has 5 heteroatoms. The third kappa shape index (κ3) is 3.77. The molecule has 15 heavy (non-hydrogen) atoms. The summed E-state index contributed by atoms with van der Waals surface area (Å²) in [6.45, 7) is 0.781. The first-order chi connectivity index (χ1) is 6.99. The van der Waals surface area contributed by atoms with Crippen LogP contribution in [0, 0.1) is 0 Å². The molecule has 0 heterocycles. The predicted octanol–water partition coefficient (Wildman–Crippen LogP) is 0.839. The fraction of sp³-hybridized carbons (Fsp3) is 0.300. The minimum Gasteiger partial charge on any atom is -0.399 e. The van der Waals surface area contributed by atoms with Gasteiger partial charge in [0.1, 0.15) is 0 Å². The fourth-order valence-electron chi connectivity index (χ4n) is 1.30. The van der Waals surface area contributed by atoms with Gasteiger partial charge in [-0.3, -0.25) is 9.69 Å². The largest absolute Gasteiger partial charge is 0.399 e. The van der Waals surface area contributed by atoms with Crippen molar-refractivity contribution in [3.63, 3.8) is 0 Å². The van der Waals surface area contributed by atoms with Gasteiger partial charge in [-0.25, -0.2) is 0 Å². The molecule has 1 aromatic rings. The van der Waals surface area contributed by atoms with Crippen LogP contribution in [-0.2, 0) is 11.3 Å². The van der Waals surface area contributed by atoms with Gasteiger partial charge in [0.05, 0.1) is 6.54 Å². The number of hydrogen-bond donors (Lipinski definition) is 2. The third-order valence-electron chi connectivity index (χ3n) is 1.94. The number of nitrogens with two attached hydrogens (primary N) is 2. The van der Waals surface area contributed by atoms with Gasteiger partial charge in [-0.15, -0.1) is 0 Å². The van der Waals surface area contributed by atoms with Crippen LogP contribution in [0.1, 0.15) is 5.56 Å². The lowest BCUT2D eigenvalue weighted by molar-refractivity contribution is -0.118. The van der Waals surface area contributed by atoms with E-state index < -0.39 is 0 Å². The van der Waals surface area contributed by atoms with E-state index in [0.717, 1.165) is 5.56 Å². The zero-order chi connectivity index (χ0) is 11.4. The summed E-state index contributed by atoms with van der Waals surface area (Å²) in [7, 11) is 1.80. The summed E-state index contributed by atoms with van der Waals surface area (Å²) in [5.41, 5.74) is 12.2. The average Bonchev–Trinajstić information content (AvgIpc) is 2.08. The van der Waals surface area contributed by atoms with Gasteiger partial charge in [-0.2, -0.15) is 0 Å². The zero-order valence-corrected chi connectivity index (χ0v) is 9.29. The molecular weight excluding hydrogens is 214 g/mol. The van der Waals surface area contributed by atoms with Gasteiger partial charge in [0.25, 0.3) is 0 Å². The number of carbonyl (C=O) groups is 1. The van der Waals surface area contributed by atoms with Gasteiger partial charge in [-0.05, 0) is 24.7 Å². The van der Waals surface area contributed by atoms with E-state index in [1.165, 1.54) is 0 Å². The van der Waals surface area contributed by atoms with Crippen LogP contribution in [-0.4, -0.2) is 24.4 Å². The maximum atomic E-state index is 10.7. The first-order valence-electron chi connectivity index (χ1n) is 4.50. The highest BCUT2D eigenvalue weighted by Crippen LogP contribution is 2.20. The molecule has 0 fully saturated rings. The summed E-state index contributed by atoms with van der Waals surface area (Å²) in [5.74, 6) is -0.357. The second-order valence-electron chi connectivity index (χ2n) is 3.49. The Balaban J connectivity index is 2.68. The van der Waals surface area contributed by atoms with Crippen molar-refractivity contribution in [2.45, 2.75) is 6.54 Å². The summed E-state index contributed by atoms with van der Waals surface area (Å²) in [6, 6.07) is 5.31. The van der Waals surface area contributed by atoms with E-state index in [-0.39, 0.29) is 12.5 Å². The molecule has 0 unspecified atom stereocenters. The van der Waals surface area contributed by atoms with E-state index in [1.807, 2.05) is 6.07 Å². The van der Waals surface area contributed by atoms with Crippen LogP contribution in [0.5, 0.6) is 0 Å². The molecule has 0 spiro atoms. The molecular formula is C10H14ClN3O. The number of likely N-dealkylation sites (N-methyl/N-ethyl adjacent to an activating group) is 1. The number of rotatable bonds is 4. The minimum atomic E-state index is -0.357. The molecule has 0 bridgehead atoms. The Labute approximate surface area is 93.8 Å². The SMILES string of the molecule is CN(CC(N)=O)Cc1ccc(N)cc1Cl. The number of primary amides is 1. The highest BCUT2D eigenvalue weighted by Gasteiger charge is 2.06. The summed E-state index contributed by atoms with van der Waals surface area (Å²) >= 11 is 5.99. The van der Waals surface area contributed by atoms with Crippen molar-refractivity contribution in [2.24, 2.45) is 5.73 Å². The van der Waals surface area contributed by atoms with Crippen molar-refractivity contribution in [1.29, 1.82) is 0 Å². The highest BCUT2D eigenvalue weighted by atomic mass is 35.5. The van der Waals surface area contributed by atoms with E-state index >= 15 is 0 Å². The van der Waals surface area contributed by atoms with E-state index in [1.54, 1.807) is 24.1 Å². The molecule has 0 radical (unpaired) electrons. The van der Waals surface area contributed by atoms with Crippen molar-refractivity contribution >= 4 is 23.2 Å². The summed E-state index contributed by atoms with van der Waals surface area (Å²) in [4.78, 5) is 12.5. The number of anilines is 1. The van der Waals surface area contributed by atoms with Crippen LogP contribution in [0.3, 0.4) is 0 Å². The maximum Gasteiger partial charge on any atom is 0.231 e. The Morgan fingerprint density at radius 2 is 2.20 bits per heavy atom. The van der Waals surface area contributed by atoms with Gasteiger partial charge >= 0.3 is 0 Å². The number of carbonyl (C=O) groups excluding carboxylic acids is 1. The quantitative estimate of drug-likeness (QED) is 0.749. The van der Waals surface area contributed by atoms with Crippen LogP contribution >= 0.6 is 11.6 Å². The van der Waals surface area contributed by atoms with Gasteiger partial charge in [0.15, 0.2) is 0 Å². The zero-order valence-electron chi connectivity index (χ0n) is 8.53. The van der Waals surface area contributed by atoms with Gasteiger partial charge < -0.3 is 11.5 Å². The lowest BCUT2D eigenvalue weighted by Gasteiger charge is -2.15. The molecule has 0 atom stereocenters. The number of hydrogen-bond acceptors (Lipinski definition) is 3. The first-order valence-corrected chi connectivity index (χ1v) is 4.87. The van der Waals surface area contributed by atoms with Crippen LogP contribution in [0.15, 0.2) is 18.2 Å². The first kappa shape index (κ1) is 11.8. The molecule has 0 aliphatic rings. The Kier molecular flexibility index (Phi) is 3.94. The number of nitrogens with zero attached hydrogens (tertiary/aromatic N) is 1. The topological polar surface area (TPSA) is 72.3 Å². The van der Waals surface area contributed by atoms with Crippen LogP contribution in [0.25, 0.3) is 0 Å².